The van der Waals surface area contributed by atoms with Crippen LogP contribution in [0.5, 0.6) is 0 Å². The molecule has 1 unspecified atom stereocenters. The van der Waals surface area contributed by atoms with Crippen molar-refractivity contribution in [2.24, 2.45) is 5.92 Å². The minimum atomic E-state index is 0.796. The van der Waals surface area contributed by atoms with Crippen molar-refractivity contribution in [2.75, 3.05) is 46.4 Å². The lowest BCUT2D eigenvalue weighted by atomic mass is 9.97. The molecule has 0 spiro atoms. The zero-order valence-electron chi connectivity index (χ0n) is 10.8. The molecular weight excluding hydrogens is 200 g/mol. The van der Waals surface area contributed by atoms with Crippen LogP contribution in [0.2, 0.25) is 0 Å². The van der Waals surface area contributed by atoms with Gasteiger partial charge in [-0.2, -0.15) is 0 Å². The van der Waals surface area contributed by atoms with Crippen molar-refractivity contribution in [3.63, 3.8) is 0 Å². The SMILES string of the molecule is C=C(C)CN1CCCC(CNCCOC)C1. The minimum absolute atomic E-state index is 0.796. The normalized spacial score (nSPS) is 22.2. The molecule has 0 aromatic heterocycles. The van der Waals surface area contributed by atoms with E-state index in [1.165, 1.54) is 31.5 Å². The third-order valence-corrected chi connectivity index (χ3v) is 3.01. The Morgan fingerprint density at radius 2 is 2.38 bits per heavy atom. The van der Waals surface area contributed by atoms with Crippen LogP contribution >= 0.6 is 0 Å². The summed E-state index contributed by atoms with van der Waals surface area (Å²) in [6, 6.07) is 0. The molecule has 3 heteroatoms. The predicted molar refractivity (Wildman–Crippen MR) is 68.7 cm³/mol. The molecule has 0 aromatic carbocycles. The lowest BCUT2D eigenvalue weighted by Gasteiger charge is -2.33. The van der Waals surface area contributed by atoms with Gasteiger partial charge in [0.2, 0.25) is 0 Å². The van der Waals surface area contributed by atoms with Gasteiger partial charge >= 0.3 is 0 Å². The highest BCUT2D eigenvalue weighted by atomic mass is 16.5. The molecule has 0 amide bonds. The molecule has 0 bridgehead atoms. The molecule has 1 aliphatic heterocycles. The summed E-state index contributed by atoms with van der Waals surface area (Å²) in [6.45, 7) is 12.5. The maximum Gasteiger partial charge on any atom is 0.0587 e. The smallest absolute Gasteiger partial charge is 0.0587 e. The Balaban J connectivity index is 2.14. The van der Waals surface area contributed by atoms with Crippen LogP contribution in [-0.2, 0) is 4.74 Å². The third-order valence-electron chi connectivity index (χ3n) is 3.01. The van der Waals surface area contributed by atoms with Gasteiger partial charge in [0, 0.05) is 26.7 Å². The molecule has 1 aliphatic rings. The van der Waals surface area contributed by atoms with Crippen LogP contribution in [0.3, 0.4) is 0 Å². The summed E-state index contributed by atoms with van der Waals surface area (Å²) >= 11 is 0. The van der Waals surface area contributed by atoms with Crippen molar-refractivity contribution >= 4 is 0 Å². The van der Waals surface area contributed by atoms with E-state index in [0.29, 0.717) is 0 Å². The summed E-state index contributed by atoms with van der Waals surface area (Å²) in [5.41, 5.74) is 1.27. The zero-order chi connectivity index (χ0) is 11.8. The van der Waals surface area contributed by atoms with Gasteiger partial charge in [0.1, 0.15) is 0 Å². The van der Waals surface area contributed by atoms with Crippen molar-refractivity contribution in [2.45, 2.75) is 19.8 Å². The molecule has 1 N–H and O–H groups in total. The summed E-state index contributed by atoms with van der Waals surface area (Å²) in [6.07, 6.45) is 2.68. The van der Waals surface area contributed by atoms with E-state index in [2.05, 4.69) is 23.7 Å². The van der Waals surface area contributed by atoms with Crippen LogP contribution in [0, 0.1) is 5.92 Å². The topological polar surface area (TPSA) is 24.5 Å². The molecule has 0 radical (unpaired) electrons. The van der Waals surface area contributed by atoms with Crippen LogP contribution in [0.25, 0.3) is 0 Å². The van der Waals surface area contributed by atoms with E-state index in [-0.39, 0.29) is 0 Å². The Hall–Kier alpha value is -0.380. The van der Waals surface area contributed by atoms with E-state index >= 15 is 0 Å². The largest absolute Gasteiger partial charge is 0.383 e. The lowest BCUT2D eigenvalue weighted by Crippen LogP contribution is -2.40. The van der Waals surface area contributed by atoms with E-state index in [9.17, 15) is 0 Å². The number of hydrogen-bond acceptors (Lipinski definition) is 3. The Bertz CT molecular complexity index is 206. The van der Waals surface area contributed by atoms with Crippen LogP contribution in [0.4, 0.5) is 0 Å². The van der Waals surface area contributed by atoms with Crippen LogP contribution in [0.1, 0.15) is 19.8 Å². The van der Waals surface area contributed by atoms with Crippen molar-refractivity contribution in [1.82, 2.24) is 10.2 Å². The Morgan fingerprint density at radius 3 is 3.06 bits per heavy atom. The lowest BCUT2D eigenvalue weighted by molar-refractivity contribution is 0.173. The van der Waals surface area contributed by atoms with Crippen molar-refractivity contribution < 1.29 is 4.74 Å². The number of ether oxygens (including phenoxy) is 1. The molecule has 0 saturated carbocycles. The highest BCUT2D eigenvalue weighted by Gasteiger charge is 2.18. The number of nitrogens with one attached hydrogen (secondary N) is 1. The fourth-order valence-corrected chi connectivity index (χ4v) is 2.32. The van der Waals surface area contributed by atoms with E-state index in [1.54, 1.807) is 7.11 Å². The van der Waals surface area contributed by atoms with Gasteiger partial charge in [-0.1, -0.05) is 12.2 Å². The number of nitrogens with zero attached hydrogens (tertiary/aromatic N) is 1. The van der Waals surface area contributed by atoms with Crippen molar-refractivity contribution in [1.29, 1.82) is 0 Å². The second kappa shape index (κ2) is 7.82. The van der Waals surface area contributed by atoms with Gasteiger partial charge in [0.15, 0.2) is 0 Å². The molecule has 1 heterocycles. The van der Waals surface area contributed by atoms with Gasteiger partial charge < -0.3 is 10.1 Å². The van der Waals surface area contributed by atoms with Crippen molar-refractivity contribution in [3.05, 3.63) is 12.2 Å². The number of piperidine rings is 1. The van der Waals surface area contributed by atoms with Gasteiger partial charge in [-0.3, -0.25) is 4.90 Å². The highest BCUT2D eigenvalue weighted by molar-refractivity contribution is 4.93. The van der Waals surface area contributed by atoms with Crippen LogP contribution in [-0.4, -0.2) is 51.3 Å². The first-order chi connectivity index (χ1) is 7.72. The summed E-state index contributed by atoms with van der Waals surface area (Å²) in [5, 5.41) is 3.46. The molecule has 1 atom stereocenters. The minimum Gasteiger partial charge on any atom is -0.383 e. The maximum atomic E-state index is 5.02. The van der Waals surface area contributed by atoms with Gasteiger partial charge in [-0.15, -0.1) is 0 Å². The summed E-state index contributed by atoms with van der Waals surface area (Å²) in [5.74, 6) is 0.796. The van der Waals surface area contributed by atoms with Crippen LogP contribution < -0.4 is 5.32 Å². The van der Waals surface area contributed by atoms with Gasteiger partial charge in [0.25, 0.3) is 0 Å². The summed E-state index contributed by atoms with van der Waals surface area (Å²) in [4.78, 5) is 2.52. The maximum absolute atomic E-state index is 5.02. The molecule has 0 aromatic rings. The van der Waals surface area contributed by atoms with Gasteiger partial charge in [-0.25, -0.2) is 0 Å². The quantitative estimate of drug-likeness (QED) is 0.526. The molecular formula is C13H26N2O. The average molecular weight is 226 g/mol. The first-order valence-electron chi connectivity index (χ1n) is 6.28. The Labute approximate surface area is 99.8 Å². The third kappa shape index (κ3) is 5.64. The van der Waals surface area contributed by atoms with E-state index < -0.39 is 0 Å². The van der Waals surface area contributed by atoms with Crippen LogP contribution in [0.15, 0.2) is 12.2 Å². The fourth-order valence-electron chi connectivity index (χ4n) is 2.32. The second-order valence-electron chi connectivity index (χ2n) is 4.90. The first-order valence-corrected chi connectivity index (χ1v) is 6.28. The number of likely N-dealkylation sites (tertiary alicyclic amines) is 1. The standard InChI is InChI=1S/C13H26N2O/c1-12(2)10-15-7-4-5-13(11-15)9-14-6-8-16-3/h13-14H,1,4-11H2,2-3H3. The Morgan fingerprint density at radius 1 is 1.56 bits per heavy atom. The summed E-state index contributed by atoms with van der Waals surface area (Å²) in [7, 11) is 1.75. The predicted octanol–water partition coefficient (Wildman–Crippen LogP) is 1.51. The molecule has 3 nitrogen and oxygen atoms in total. The average Bonchev–Trinajstić information content (AvgIpc) is 2.24. The van der Waals surface area contributed by atoms with Crippen molar-refractivity contribution in [3.8, 4) is 0 Å². The molecule has 16 heavy (non-hydrogen) atoms. The zero-order valence-corrected chi connectivity index (χ0v) is 10.8. The molecule has 1 rings (SSSR count). The second-order valence-corrected chi connectivity index (χ2v) is 4.90. The Kier molecular flexibility index (Phi) is 6.69. The monoisotopic (exact) mass is 226 g/mol. The van der Waals surface area contributed by atoms with E-state index in [0.717, 1.165) is 32.2 Å². The molecule has 1 saturated heterocycles. The summed E-state index contributed by atoms with van der Waals surface area (Å²) < 4.78 is 5.02. The molecule has 0 aliphatic carbocycles. The molecule has 1 fully saturated rings. The number of rotatable bonds is 7. The fraction of sp³-hybridized carbons (Fsp3) is 0.846. The molecule has 94 valence electrons. The van der Waals surface area contributed by atoms with E-state index in [1.807, 2.05) is 0 Å². The number of hydrogen-bond donors (Lipinski definition) is 1. The number of methoxy groups -OCH3 is 1. The van der Waals surface area contributed by atoms with Gasteiger partial charge in [-0.05, 0) is 38.8 Å². The van der Waals surface area contributed by atoms with Gasteiger partial charge in [0.05, 0.1) is 6.61 Å². The first kappa shape index (κ1) is 13.7. The van der Waals surface area contributed by atoms with E-state index in [4.69, 9.17) is 4.74 Å². The highest BCUT2D eigenvalue weighted by Crippen LogP contribution is 2.16.